The summed E-state index contributed by atoms with van der Waals surface area (Å²) in [5.41, 5.74) is 0.474. The molecule has 0 aromatic carbocycles. The first-order chi connectivity index (χ1) is 10.0. The number of carbonyl (C=O) groups is 2. The smallest absolute Gasteiger partial charge is 0.238 e. The van der Waals surface area contributed by atoms with Crippen molar-refractivity contribution in [2.75, 3.05) is 18.0 Å². The van der Waals surface area contributed by atoms with Crippen LogP contribution in [0.1, 0.15) is 32.7 Å². The highest BCUT2D eigenvalue weighted by Gasteiger charge is 2.72. The number of rotatable bonds is 2. The highest BCUT2D eigenvalue weighted by molar-refractivity contribution is 6.25. The van der Waals surface area contributed by atoms with E-state index in [1.165, 1.54) is 4.90 Å². The fourth-order valence-electron chi connectivity index (χ4n) is 3.92. The molecule has 2 atom stereocenters. The van der Waals surface area contributed by atoms with Gasteiger partial charge in [-0.15, -0.1) is 0 Å². The second-order valence-corrected chi connectivity index (χ2v) is 6.95. The molecule has 21 heavy (non-hydrogen) atoms. The van der Waals surface area contributed by atoms with Gasteiger partial charge in [-0.05, 0) is 31.3 Å². The number of hydrogen-bond donors (Lipinski definition) is 1. The lowest BCUT2D eigenvalue weighted by Crippen LogP contribution is -2.36. The Morgan fingerprint density at radius 2 is 1.81 bits per heavy atom. The molecule has 0 bridgehead atoms. The summed E-state index contributed by atoms with van der Waals surface area (Å²) in [4.78, 5) is 26.2. The number of hydrogen-bond acceptors (Lipinski definition) is 4. The number of aromatic nitrogens is 2. The van der Waals surface area contributed by atoms with Crippen molar-refractivity contribution < 1.29 is 9.59 Å². The molecule has 1 aromatic heterocycles. The van der Waals surface area contributed by atoms with Crippen molar-refractivity contribution in [2.45, 2.75) is 32.7 Å². The molecule has 3 fully saturated rings. The third-order valence-electron chi connectivity index (χ3n) is 5.33. The third-order valence-corrected chi connectivity index (χ3v) is 5.33. The molecule has 4 rings (SSSR count). The van der Waals surface area contributed by atoms with E-state index in [0.717, 1.165) is 25.9 Å². The van der Waals surface area contributed by atoms with E-state index in [4.69, 9.17) is 0 Å². The summed E-state index contributed by atoms with van der Waals surface area (Å²) in [6, 6.07) is 0.360. The van der Waals surface area contributed by atoms with Crippen LogP contribution >= 0.6 is 0 Å². The molecule has 6 heteroatoms. The van der Waals surface area contributed by atoms with Crippen LogP contribution < -0.4 is 10.2 Å². The van der Waals surface area contributed by atoms with Crippen molar-refractivity contribution in [1.29, 1.82) is 0 Å². The number of nitrogens with zero attached hydrogens (tertiary/aromatic N) is 3. The Hall–Kier alpha value is -1.69. The molecule has 112 valence electrons. The second-order valence-electron chi connectivity index (χ2n) is 6.95. The first-order valence-corrected chi connectivity index (χ1v) is 7.64. The van der Waals surface area contributed by atoms with Gasteiger partial charge in [-0.1, -0.05) is 13.8 Å². The minimum atomic E-state index is -0.157. The van der Waals surface area contributed by atoms with Crippen LogP contribution in [-0.2, 0) is 9.59 Å². The topological polar surface area (TPSA) is 67.2 Å². The number of imide groups is 1. The van der Waals surface area contributed by atoms with Gasteiger partial charge >= 0.3 is 0 Å². The van der Waals surface area contributed by atoms with E-state index in [2.05, 4.69) is 10.4 Å². The minimum Gasteiger partial charge on any atom is -0.317 e. The van der Waals surface area contributed by atoms with Crippen molar-refractivity contribution in [1.82, 2.24) is 15.1 Å². The average molecular weight is 288 g/mol. The van der Waals surface area contributed by atoms with E-state index in [1.807, 2.05) is 24.7 Å². The zero-order valence-corrected chi connectivity index (χ0v) is 12.4. The molecule has 1 N–H and O–H groups in total. The van der Waals surface area contributed by atoms with Gasteiger partial charge < -0.3 is 5.32 Å². The largest absolute Gasteiger partial charge is 0.317 e. The lowest BCUT2D eigenvalue weighted by molar-refractivity contribution is -0.125. The monoisotopic (exact) mass is 288 g/mol. The number of nitrogens with one attached hydrogen (secondary N) is 1. The zero-order valence-electron chi connectivity index (χ0n) is 12.4. The first-order valence-electron chi connectivity index (χ1n) is 7.64. The van der Waals surface area contributed by atoms with E-state index < -0.39 is 0 Å². The number of anilines is 1. The number of piperidine rings is 2. The maximum Gasteiger partial charge on any atom is 0.238 e. The van der Waals surface area contributed by atoms with E-state index in [0.29, 0.717) is 11.7 Å². The van der Waals surface area contributed by atoms with Crippen LogP contribution in [-0.4, -0.2) is 34.7 Å². The average Bonchev–Trinajstić information content (AvgIpc) is 2.80. The highest BCUT2D eigenvalue weighted by Crippen LogP contribution is 2.63. The second kappa shape index (κ2) is 4.16. The van der Waals surface area contributed by atoms with Gasteiger partial charge in [0.1, 0.15) is 0 Å². The van der Waals surface area contributed by atoms with Crippen LogP contribution in [0.15, 0.2) is 12.4 Å². The fraction of sp³-hybridized carbons (Fsp3) is 0.667. The summed E-state index contributed by atoms with van der Waals surface area (Å²) >= 11 is 0. The summed E-state index contributed by atoms with van der Waals surface area (Å²) in [5.74, 6) is -0.376. The number of amides is 2. The molecule has 3 heterocycles. The van der Waals surface area contributed by atoms with Gasteiger partial charge in [0.25, 0.3) is 0 Å². The Morgan fingerprint density at radius 3 is 2.43 bits per heavy atom. The molecule has 1 saturated carbocycles. The molecule has 0 radical (unpaired) electrons. The lowest BCUT2D eigenvalue weighted by Gasteiger charge is -2.23. The van der Waals surface area contributed by atoms with Crippen molar-refractivity contribution >= 4 is 17.5 Å². The Labute approximate surface area is 123 Å². The van der Waals surface area contributed by atoms with Gasteiger partial charge in [0, 0.05) is 6.20 Å². The molecule has 1 aliphatic carbocycles. The maximum absolute atomic E-state index is 12.4. The zero-order chi connectivity index (χ0) is 14.8. The molecule has 2 aliphatic heterocycles. The van der Waals surface area contributed by atoms with Crippen LogP contribution in [0.25, 0.3) is 0 Å². The summed E-state index contributed by atoms with van der Waals surface area (Å²) in [6.07, 6.45) is 5.56. The van der Waals surface area contributed by atoms with Gasteiger partial charge in [-0.3, -0.25) is 14.3 Å². The molecule has 6 nitrogen and oxygen atoms in total. The van der Waals surface area contributed by atoms with Gasteiger partial charge in [-0.25, -0.2) is 4.90 Å². The first kappa shape index (κ1) is 13.0. The Bertz CT molecular complexity index is 591. The van der Waals surface area contributed by atoms with Gasteiger partial charge in [-0.2, -0.15) is 5.10 Å². The molecule has 1 aromatic rings. The third kappa shape index (κ3) is 1.71. The summed E-state index contributed by atoms with van der Waals surface area (Å²) in [7, 11) is 0. The minimum absolute atomic E-state index is 0.0557. The van der Waals surface area contributed by atoms with Crippen LogP contribution in [0, 0.1) is 17.3 Å². The van der Waals surface area contributed by atoms with Crippen LogP contribution in [0.4, 0.5) is 5.69 Å². The molecule has 0 spiro atoms. The standard InChI is InChI=1S/C15H20N4O2/c1-15(2)11-12(15)14(21)19(13(11)20)10-7-17-18(8-10)9-3-5-16-6-4-9/h7-9,11-12,16H,3-6H2,1-2H3. The fourth-order valence-corrected chi connectivity index (χ4v) is 3.92. The van der Waals surface area contributed by atoms with E-state index in [1.54, 1.807) is 6.20 Å². The van der Waals surface area contributed by atoms with Gasteiger partial charge in [0.05, 0.1) is 29.8 Å². The summed E-state index contributed by atoms with van der Waals surface area (Å²) in [5, 5.41) is 7.69. The molecular formula is C15H20N4O2. The Balaban J connectivity index is 1.57. The Kier molecular flexibility index (Phi) is 2.58. The van der Waals surface area contributed by atoms with Crippen LogP contribution in [0.3, 0.4) is 0 Å². The summed E-state index contributed by atoms with van der Waals surface area (Å²) < 4.78 is 1.91. The van der Waals surface area contributed by atoms with Gasteiger partial charge in [0.2, 0.25) is 11.8 Å². The highest BCUT2D eigenvalue weighted by atomic mass is 16.2. The van der Waals surface area contributed by atoms with E-state index in [-0.39, 0.29) is 29.1 Å². The normalized spacial score (nSPS) is 31.6. The molecule has 2 unspecified atom stereocenters. The van der Waals surface area contributed by atoms with E-state index >= 15 is 0 Å². The molecule has 2 saturated heterocycles. The van der Waals surface area contributed by atoms with Crippen LogP contribution in [0.2, 0.25) is 0 Å². The summed E-state index contributed by atoms with van der Waals surface area (Å²) in [6.45, 7) is 5.96. The number of fused-ring (bicyclic) bond motifs is 1. The molecule has 3 aliphatic rings. The van der Waals surface area contributed by atoms with Crippen molar-refractivity contribution in [3.63, 3.8) is 0 Å². The maximum atomic E-state index is 12.4. The van der Waals surface area contributed by atoms with E-state index in [9.17, 15) is 9.59 Å². The lowest BCUT2D eigenvalue weighted by atomic mass is 10.1. The molecule has 2 amide bonds. The van der Waals surface area contributed by atoms with Crippen molar-refractivity contribution in [3.05, 3.63) is 12.4 Å². The Morgan fingerprint density at radius 1 is 1.19 bits per heavy atom. The van der Waals surface area contributed by atoms with Crippen molar-refractivity contribution in [2.24, 2.45) is 17.3 Å². The SMILES string of the molecule is CC1(C)C2C(=O)N(c3cnn(C4CCNCC4)c3)C(=O)C21. The quantitative estimate of drug-likeness (QED) is 0.823. The molecular weight excluding hydrogens is 268 g/mol. The predicted octanol–water partition coefficient (Wildman–Crippen LogP) is 0.953. The van der Waals surface area contributed by atoms with Crippen molar-refractivity contribution in [3.8, 4) is 0 Å². The van der Waals surface area contributed by atoms with Crippen LogP contribution in [0.5, 0.6) is 0 Å². The van der Waals surface area contributed by atoms with Gasteiger partial charge in [0.15, 0.2) is 0 Å². The predicted molar refractivity (Wildman–Crippen MR) is 76.6 cm³/mol. The number of carbonyl (C=O) groups excluding carboxylic acids is 2.